The number of carboxylic acid groups (broad SMARTS) is 1. The van der Waals surface area contributed by atoms with E-state index in [0.29, 0.717) is 55.5 Å². The Kier molecular flexibility index (Phi) is 9.61. The molecule has 1 aromatic heterocycles. The number of hydrogen-bond acceptors (Lipinski definition) is 9. The van der Waals surface area contributed by atoms with Gasteiger partial charge in [0.25, 0.3) is 5.91 Å². The molecule has 3 heterocycles. The van der Waals surface area contributed by atoms with Crippen LogP contribution in [-0.4, -0.2) is 100 Å². The van der Waals surface area contributed by atoms with Gasteiger partial charge in [-0.2, -0.15) is 0 Å². The van der Waals surface area contributed by atoms with Crippen LogP contribution >= 0.6 is 0 Å². The number of hydrogen-bond donors (Lipinski definition) is 3. The second-order valence-corrected chi connectivity index (χ2v) is 18.0. The number of nitrogens with zero attached hydrogens (tertiary/aromatic N) is 3. The van der Waals surface area contributed by atoms with E-state index in [1.807, 2.05) is 44.2 Å². The van der Waals surface area contributed by atoms with Gasteiger partial charge >= 0.3 is 6.09 Å². The number of carbonyl (C=O) groups excluding carboxylic acids is 3. The van der Waals surface area contributed by atoms with Crippen LogP contribution in [0.3, 0.4) is 0 Å². The van der Waals surface area contributed by atoms with Crippen LogP contribution in [0.4, 0.5) is 4.79 Å². The van der Waals surface area contributed by atoms with Crippen molar-refractivity contribution in [1.29, 1.82) is 0 Å². The smallest absolute Gasteiger partial charge is 0.408 e. The van der Waals surface area contributed by atoms with Gasteiger partial charge in [-0.15, -0.1) is 0 Å². The summed E-state index contributed by atoms with van der Waals surface area (Å²) in [6.07, 6.45) is 7.92. The third-order valence-electron chi connectivity index (χ3n) is 11.8. The minimum Gasteiger partial charge on any atom is -0.497 e. The summed E-state index contributed by atoms with van der Waals surface area (Å²) in [5.41, 5.74) is -2.24. The zero-order valence-electron chi connectivity index (χ0n) is 30.6. The molecule has 3 N–H and O–H groups in total. The minimum absolute atomic E-state index is 0.0339. The molecule has 14 nitrogen and oxygen atoms in total. The summed E-state index contributed by atoms with van der Waals surface area (Å²) < 4.78 is 39.8. The van der Waals surface area contributed by atoms with Gasteiger partial charge in [0, 0.05) is 29.5 Å². The Morgan fingerprint density at radius 3 is 2.55 bits per heavy atom. The van der Waals surface area contributed by atoms with Crippen molar-refractivity contribution in [3.05, 3.63) is 42.6 Å². The van der Waals surface area contributed by atoms with Crippen molar-refractivity contribution in [3.8, 4) is 11.6 Å². The molecule has 5 aliphatic rings. The summed E-state index contributed by atoms with van der Waals surface area (Å²) in [5.74, 6) is -1.67. The molecule has 4 amide bonds. The van der Waals surface area contributed by atoms with Crippen LogP contribution in [0.5, 0.6) is 11.6 Å². The van der Waals surface area contributed by atoms with Crippen LogP contribution in [-0.2, 0) is 24.4 Å². The molecule has 0 spiro atoms. The molecule has 7 atom stereocenters. The number of benzene rings is 1. The van der Waals surface area contributed by atoms with E-state index in [0.717, 1.165) is 11.8 Å². The van der Waals surface area contributed by atoms with Gasteiger partial charge in [0.15, 0.2) is 0 Å². The van der Waals surface area contributed by atoms with E-state index in [2.05, 4.69) is 21.9 Å². The number of pyridine rings is 1. The molecule has 3 saturated carbocycles. The van der Waals surface area contributed by atoms with Gasteiger partial charge in [0.2, 0.25) is 27.7 Å². The largest absolute Gasteiger partial charge is 0.497 e. The highest BCUT2D eigenvalue weighted by Gasteiger charge is 2.62. The molecular weight excluding hydrogens is 703 g/mol. The molecule has 0 unspecified atom stereocenters. The Morgan fingerprint density at radius 2 is 1.87 bits per heavy atom. The molecule has 1 saturated heterocycles. The van der Waals surface area contributed by atoms with Gasteiger partial charge in [-0.25, -0.2) is 18.2 Å². The molecule has 1 aromatic carbocycles. The first-order chi connectivity index (χ1) is 25.2. The SMILES string of the molecule is COc1ccc2c(O[C@@H]3C[C@H]4C(=O)N[C@]5(C(=O)NS(=O)(=O)C6CC6)C[C@H]5C=CCC[C@@H](C)C[C@@H](C)[C@H](N(C(=O)O)C5(C)CC5)C(=O)N4C3)nccc2c1. The predicted octanol–water partition coefficient (Wildman–Crippen LogP) is 3.99. The minimum atomic E-state index is -3.90. The quantitative estimate of drug-likeness (QED) is 0.334. The fourth-order valence-electron chi connectivity index (χ4n) is 8.26. The zero-order chi connectivity index (χ0) is 37.9. The Hall–Kier alpha value is -4.40. The number of amides is 4. The van der Waals surface area contributed by atoms with Crippen LogP contribution in [0.2, 0.25) is 0 Å². The van der Waals surface area contributed by atoms with Gasteiger partial charge in [-0.3, -0.25) is 24.0 Å². The number of aromatic nitrogens is 1. The summed E-state index contributed by atoms with van der Waals surface area (Å²) in [7, 11) is -2.33. The maximum Gasteiger partial charge on any atom is 0.408 e. The van der Waals surface area contributed by atoms with Crippen molar-refractivity contribution < 1.29 is 42.2 Å². The average molecular weight is 752 g/mol. The number of nitrogens with one attached hydrogen (secondary N) is 2. The van der Waals surface area contributed by atoms with Crippen molar-refractivity contribution in [2.45, 2.75) is 113 Å². The monoisotopic (exact) mass is 751 g/mol. The number of rotatable bonds is 8. The van der Waals surface area contributed by atoms with Gasteiger partial charge < -0.3 is 24.8 Å². The molecule has 2 aliphatic heterocycles. The number of ether oxygens (including phenoxy) is 2. The van der Waals surface area contributed by atoms with Gasteiger partial charge in [-0.1, -0.05) is 26.0 Å². The van der Waals surface area contributed by atoms with Crippen molar-refractivity contribution in [1.82, 2.24) is 24.8 Å². The Morgan fingerprint density at radius 1 is 1.11 bits per heavy atom. The number of methoxy groups -OCH3 is 1. The van der Waals surface area contributed by atoms with E-state index >= 15 is 0 Å². The number of carbonyl (C=O) groups is 4. The lowest BCUT2D eigenvalue weighted by molar-refractivity contribution is -0.145. The van der Waals surface area contributed by atoms with Crippen LogP contribution in [0.15, 0.2) is 42.6 Å². The van der Waals surface area contributed by atoms with E-state index in [1.54, 1.807) is 19.4 Å². The van der Waals surface area contributed by atoms with E-state index in [1.165, 1.54) is 9.80 Å². The van der Waals surface area contributed by atoms with Crippen molar-refractivity contribution >= 4 is 44.6 Å². The highest BCUT2D eigenvalue weighted by molar-refractivity contribution is 7.91. The van der Waals surface area contributed by atoms with Crippen LogP contribution in [0.1, 0.15) is 78.6 Å². The molecule has 286 valence electrons. The Balaban J connectivity index is 1.25. The van der Waals surface area contributed by atoms with E-state index in [-0.39, 0.29) is 31.2 Å². The molecule has 15 heteroatoms. The summed E-state index contributed by atoms with van der Waals surface area (Å²) in [6.45, 7) is 5.78. The van der Waals surface area contributed by atoms with Crippen molar-refractivity contribution in [2.75, 3.05) is 13.7 Å². The number of fused-ring (bicyclic) bond motifs is 3. The normalized spacial score (nSPS) is 31.3. The fraction of sp³-hybridized carbons (Fsp3) is 0.605. The van der Waals surface area contributed by atoms with Gasteiger partial charge in [0.1, 0.15) is 29.5 Å². The average Bonchev–Trinajstić information content (AvgIpc) is 4.05. The fourth-order valence-corrected chi connectivity index (χ4v) is 9.62. The number of allylic oxidation sites excluding steroid dienone is 1. The molecular formula is C38H49N5O9S. The lowest BCUT2D eigenvalue weighted by Crippen LogP contribution is -2.61. The van der Waals surface area contributed by atoms with E-state index in [9.17, 15) is 32.7 Å². The van der Waals surface area contributed by atoms with E-state index in [4.69, 9.17) is 9.47 Å². The first kappa shape index (κ1) is 36.9. The van der Waals surface area contributed by atoms with Gasteiger partial charge in [-0.05, 0) is 99.8 Å². The lowest BCUT2D eigenvalue weighted by Gasteiger charge is -2.40. The first-order valence-corrected chi connectivity index (χ1v) is 20.2. The molecule has 53 heavy (non-hydrogen) atoms. The molecule has 4 fully saturated rings. The van der Waals surface area contributed by atoms with Gasteiger partial charge in [0.05, 0.1) is 18.9 Å². The standard InChI is InChI=1S/C38H49N5O9S/c1-22-7-5-6-8-25-20-38(25,35(46)41-53(49,50)28-10-11-28)40-32(44)30-19-27(52-33-29-12-9-26(51-4)18-24(29)13-16-39-33)21-42(30)34(45)31(23(2)17-22)43(36(47)48)37(3)14-15-37/h6,8-9,12-13,16,18,22-23,25,27-28,30-31H,5,7,10-11,14-15,17,19-21H2,1-4H3,(H,40,44)(H,41,46)(H,47,48)/t22-,23-,25-,27-,30+,31+,38-/m1/s1. The summed E-state index contributed by atoms with van der Waals surface area (Å²) in [5, 5.41) is 14.4. The summed E-state index contributed by atoms with van der Waals surface area (Å²) >= 11 is 0. The van der Waals surface area contributed by atoms with Crippen molar-refractivity contribution in [2.24, 2.45) is 17.8 Å². The summed E-state index contributed by atoms with van der Waals surface area (Å²) in [6, 6.07) is 5.06. The van der Waals surface area contributed by atoms with Crippen LogP contribution in [0.25, 0.3) is 10.8 Å². The zero-order valence-corrected chi connectivity index (χ0v) is 31.4. The third-order valence-corrected chi connectivity index (χ3v) is 13.6. The summed E-state index contributed by atoms with van der Waals surface area (Å²) in [4.78, 5) is 63.4. The Labute approximate surface area is 309 Å². The first-order valence-electron chi connectivity index (χ1n) is 18.6. The number of sulfonamides is 1. The highest BCUT2D eigenvalue weighted by atomic mass is 32.2. The topological polar surface area (TPSA) is 185 Å². The maximum atomic E-state index is 15.0. The molecule has 3 aliphatic carbocycles. The van der Waals surface area contributed by atoms with Crippen molar-refractivity contribution in [3.63, 3.8) is 0 Å². The lowest BCUT2D eigenvalue weighted by atomic mass is 9.86. The van der Waals surface area contributed by atoms with Crippen LogP contribution < -0.4 is 19.5 Å². The second kappa shape index (κ2) is 13.8. The predicted molar refractivity (Wildman–Crippen MR) is 195 cm³/mol. The Bertz CT molecular complexity index is 1950. The second-order valence-electron chi connectivity index (χ2n) is 16.0. The molecule has 2 aromatic rings. The molecule has 7 rings (SSSR count). The maximum absolute atomic E-state index is 15.0. The third kappa shape index (κ3) is 7.28. The van der Waals surface area contributed by atoms with E-state index < -0.39 is 74.3 Å². The molecule has 0 radical (unpaired) electrons. The highest BCUT2D eigenvalue weighted by Crippen LogP contribution is 2.47. The molecule has 0 bridgehead atoms. The van der Waals surface area contributed by atoms with Crippen LogP contribution in [0, 0.1) is 17.8 Å².